The fourth-order valence-corrected chi connectivity index (χ4v) is 2.30. The molecule has 0 atom stereocenters. The first kappa shape index (κ1) is 19.3. The first-order chi connectivity index (χ1) is 13.0. The number of rotatable bonds is 3. The van der Waals surface area contributed by atoms with Gasteiger partial charge in [0.25, 0.3) is 5.91 Å². The number of tetrazole rings is 1. The number of amides is 1. The molecule has 1 aromatic heterocycles. The third-order valence-electron chi connectivity index (χ3n) is 3.57. The van der Waals surface area contributed by atoms with Crippen LogP contribution >= 0.6 is 0 Å². The van der Waals surface area contributed by atoms with E-state index in [1.807, 2.05) is 0 Å². The van der Waals surface area contributed by atoms with Crippen LogP contribution in [0.2, 0.25) is 0 Å². The molecule has 0 fully saturated rings. The average molecular weight is 401 g/mol. The molecule has 0 saturated heterocycles. The lowest BCUT2D eigenvalue weighted by Crippen LogP contribution is -2.16. The summed E-state index contributed by atoms with van der Waals surface area (Å²) in [4.78, 5) is 12.3. The van der Waals surface area contributed by atoms with E-state index < -0.39 is 35.1 Å². The van der Waals surface area contributed by atoms with E-state index in [1.165, 1.54) is 29.2 Å². The summed E-state index contributed by atoms with van der Waals surface area (Å²) in [5.41, 5.74) is -3.34. The van der Waals surface area contributed by atoms with Gasteiger partial charge >= 0.3 is 12.4 Å². The van der Waals surface area contributed by atoms with Crippen molar-refractivity contribution < 1.29 is 31.1 Å². The highest BCUT2D eigenvalue weighted by molar-refractivity contribution is 6.04. The van der Waals surface area contributed by atoms with E-state index in [0.717, 1.165) is 0 Å². The van der Waals surface area contributed by atoms with Crippen molar-refractivity contribution in [1.82, 2.24) is 20.2 Å². The van der Waals surface area contributed by atoms with Gasteiger partial charge in [0.15, 0.2) is 0 Å². The number of hydrogen-bond donors (Lipinski definition) is 1. The molecule has 3 aromatic rings. The highest BCUT2D eigenvalue weighted by atomic mass is 19.4. The number of halogens is 6. The van der Waals surface area contributed by atoms with Gasteiger partial charge < -0.3 is 5.32 Å². The molecule has 0 radical (unpaired) electrons. The van der Waals surface area contributed by atoms with Crippen LogP contribution in [0.5, 0.6) is 0 Å². The van der Waals surface area contributed by atoms with Crippen LogP contribution in [0, 0.1) is 0 Å². The summed E-state index contributed by atoms with van der Waals surface area (Å²) < 4.78 is 78.7. The highest BCUT2D eigenvalue weighted by Gasteiger charge is 2.37. The molecule has 3 rings (SSSR count). The smallest absolute Gasteiger partial charge is 0.322 e. The molecule has 1 heterocycles. The molecule has 0 bridgehead atoms. The monoisotopic (exact) mass is 401 g/mol. The Morgan fingerprint density at radius 2 is 1.57 bits per heavy atom. The van der Waals surface area contributed by atoms with Crippen molar-refractivity contribution in [2.45, 2.75) is 12.4 Å². The summed E-state index contributed by atoms with van der Waals surface area (Å²) >= 11 is 0. The van der Waals surface area contributed by atoms with E-state index in [0.29, 0.717) is 17.8 Å². The molecule has 0 spiro atoms. The lowest BCUT2D eigenvalue weighted by Gasteiger charge is -2.15. The Balaban J connectivity index is 1.93. The van der Waals surface area contributed by atoms with Crippen molar-refractivity contribution >= 4 is 11.6 Å². The minimum absolute atomic E-state index is 0.0148. The Labute approximate surface area is 152 Å². The summed E-state index contributed by atoms with van der Waals surface area (Å²) in [5.74, 6) is -0.901. The minimum atomic E-state index is -5.01. The molecule has 0 aliphatic rings. The van der Waals surface area contributed by atoms with E-state index in [4.69, 9.17) is 0 Å². The summed E-state index contributed by atoms with van der Waals surface area (Å²) in [6.07, 6.45) is -8.78. The lowest BCUT2D eigenvalue weighted by atomic mass is 10.1. The molecule has 1 amide bonds. The Hall–Kier alpha value is -3.44. The van der Waals surface area contributed by atoms with Crippen LogP contribution in [-0.4, -0.2) is 26.1 Å². The first-order valence-electron chi connectivity index (χ1n) is 7.48. The molecule has 146 valence electrons. The van der Waals surface area contributed by atoms with Crippen molar-refractivity contribution in [3.05, 3.63) is 65.5 Å². The number of aromatic nitrogens is 4. The molecule has 0 unspecified atom stereocenters. The van der Waals surface area contributed by atoms with E-state index >= 15 is 0 Å². The molecule has 0 aliphatic carbocycles. The minimum Gasteiger partial charge on any atom is -0.322 e. The molecule has 0 aliphatic heterocycles. The van der Waals surface area contributed by atoms with Gasteiger partial charge in [-0.2, -0.15) is 26.3 Å². The number of anilines is 1. The molecule has 28 heavy (non-hydrogen) atoms. The summed E-state index contributed by atoms with van der Waals surface area (Å²) in [6.45, 7) is 0. The normalized spacial score (nSPS) is 12.1. The van der Waals surface area contributed by atoms with E-state index in [2.05, 4.69) is 20.8 Å². The Morgan fingerprint density at radius 3 is 2.11 bits per heavy atom. The van der Waals surface area contributed by atoms with Gasteiger partial charge in [-0.1, -0.05) is 6.07 Å². The van der Waals surface area contributed by atoms with Gasteiger partial charge in [-0.05, 0) is 46.8 Å². The van der Waals surface area contributed by atoms with Crippen LogP contribution < -0.4 is 5.32 Å². The summed E-state index contributed by atoms with van der Waals surface area (Å²) in [7, 11) is 0. The quantitative estimate of drug-likeness (QED) is 0.675. The third-order valence-corrected chi connectivity index (χ3v) is 3.57. The predicted octanol–water partition coefficient (Wildman–Crippen LogP) is 3.95. The van der Waals surface area contributed by atoms with Crippen molar-refractivity contribution in [2.75, 3.05) is 5.32 Å². The van der Waals surface area contributed by atoms with Crippen molar-refractivity contribution in [2.24, 2.45) is 0 Å². The van der Waals surface area contributed by atoms with Crippen LogP contribution in [0.25, 0.3) is 5.69 Å². The molecular formula is C16H9F6N5O. The van der Waals surface area contributed by atoms with Crippen LogP contribution in [0.15, 0.2) is 48.8 Å². The molecule has 1 N–H and O–H groups in total. The number of nitrogens with zero attached hydrogens (tertiary/aromatic N) is 4. The van der Waals surface area contributed by atoms with Crippen molar-refractivity contribution in [3.63, 3.8) is 0 Å². The maximum Gasteiger partial charge on any atom is 0.416 e. The predicted molar refractivity (Wildman–Crippen MR) is 83.6 cm³/mol. The fourth-order valence-electron chi connectivity index (χ4n) is 2.30. The maximum atomic E-state index is 12.9. The summed E-state index contributed by atoms with van der Waals surface area (Å²) in [6, 6.07) is 6.51. The molecule has 0 saturated carbocycles. The second-order valence-corrected chi connectivity index (χ2v) is 5.55. The van der Waals surface area contributed by atoms with Crippen LogP contribution in [0.1, 0.15) is 21.5 Å². The average Bonchev–Trinajstić information content (AvgIpc) is 3.15. The number of carbonyl (C=O) groups is 1. The number of hydrogen-bond acceptors (Lipinski definition) is 4. The standard InChI is InChI=1S/C16H9F6N5O/c17-15(18,19)10-5-11(16(20,21)22)7-12(6-10)24-14(28)9-2-1-3-13(4-9)27-8-23-25-26-27/h1-8H,(H,24,28). The van der Waals surface area contributed by atoms with Crippen LogP contribution in [0.4, 0.5) is 32.0 Å². The number of carbonyl (C=O) groups excluding carboxylic acids is 1. The first-order valence-corrected chi connectivity index (χ1v) is 7.48. The van der Waals surface area contributed by atoms with Gasteiger partial charge in [0, 0.05) is 11.3 Å². The second-order valence-electron chi connectivity index (χ2n) is 5.55. The second kappa shape index (κ2) is 6.94. The molecular weight excluding hydrogens is 392 g/mol. The molecule has 12 heteroatoms. The third kappa shape index (κ3) is 4.27. The molecule has 2 aromatic carbocycles. The topological polar surface area (TPSA) is 72.7 Å². The van der Waals surface area contributed by atoms with Gasteiger partial charge in [-0.3, -0.25) is 4.79 Å². The number of nitrogens with one attached hydrogen (secondary N) is 1. The van der Waals surface area contributed by atoms with Crippen molar-refractivity contribution in [3.8, 4) is 5.69 Å². The summed E-state index contributed by atoms with van der Waals surface area (Å²) in [5, 5.41) is 12.5. The lowest BCUT2D eigenvalue weighted by molar-refractivity contribution is -0.143. The highest BCUT2D eigenvalue weighted by Crippen LogP contribution is 2.37. The fraction of sp³-hybridized carbons (Fsp3) is 0.125. The maximum absolute atomic E-state index is 12.9. The van der Waals surface area contributed by atoms with Gasteiger partial charge in [0.2, 0.25) is 0 Å². The molecule has 6 nitrogen and oxygen atoms in total. The zero-order valence-corrected chi connectivity index (χ0v) is 13.6. The number of benzene rings is 2. The van der Waals surface area contributed by atoms with Gasteiger partial charge in [0.1, 0.15) is 6.33 Å². The van der Waals surface area contributed by atoms with Gasteiger partial charge in [-0.25, -0.2) is 4.68 Å². The van der Waals surface area contributed by atoms with Gasteiger partial charge in [-0.15, -0.1) is 5.10 Å². The Morgan fingerprint density at radius 1 is 0.929 bits per heavy atom. The van der Waals surface area contributed by atoms with Crippen molar-refractivity contribution in [1.29, 1.82) is 0 Å². The van der Waals surface area contributed by atoms with Crippen LogP contribution in [0.3, 0.4) is 0 Å². The Bertz CT molecular complexity index is 965. The number of alkyl halides is 6. The van der Waals surface area contributed by atoms with E-state index in [1.54, 1.807) is 6.07 Å². The van der Waals surface area contributed by atoms with Crippen LogP contribution in [-0.2, 0) is 12.4 Å². The zero-order chi connectivity index (χ0) is 20.5. The SMILES string of the molecule is O=C(Nc1cc(C(F)(F)F)cc(C(F)(F)F)c1)c1cccc(-n2cnnn2)c1. The van der Waals surface area contributed by atoms with E-state index in [-0.39, 0.29) is 11.6 Å². The van der Waals surface area contributed by atoms with E-state index in [9.17, 15) is 31.1 Å². The zero-order valence-electron chi connectivity index (χ0n) is 13.6. The largest absolute Gasteiger partial charge is 0.416 e. The Kier molecular flexibility index (Phi) is 4.79. The van der Waals surface area contributed by atoms with Gasteiger partial charge in [0.05, 0.1) is 16.8 Å².